The molecule has 4 rings (SSSR count). The molecule has 1 saturated heterocycles. The number of ketones is 2. The van der Waals surface area contributed by atoms with Gasteiger partial charge in [-0.15, -0.1) is 0 Å². The molecule has 2 aromatic rings. The van der Waals surface area contributed by atoms with Gasteiger partial charge in [0.1, 0.15) is 5.82 Å². The van der Waals surface area contributed by atoms with E-state index in [0.717, 1.165) is 32.7 Å². The number of piperazine rings is 1. The summed E-state index contributed by atoms with van der Waals surface area (Å²) in [6.45, 7) is 6.15. The van der Waals surface area contributed by atoms with Crippen LogP contribution in [0.3, 0.4) is 0 Å². The number of fused-ring (bicyclic) bond motifs is 1. The van der Waals surface area contributed by atoms with Crippen LogP contribution in [0.15, 0.2) is 36.2 Å². The topological polar surface area (TPSA) is 88.7 Å². The van der Waals surface area contributed by atoms with Crippen LogP contribution in [-0.4, -0.2) is 83.9 Å². The molecule has 0 unspecified atom stereocenters. The molecule has 166 valence electrons. The molecular weight excluding hydrogens is 399 g/mol. The van der Waals surface area contributed by atoms with E-state index in [-0.39, 0.29) is 48.3 Å². The van der Waals surface area contributed by atoms with Crippen molar-refractivity contribution in [2.75, 3.05) is 52.4 Å². The number of aliphatic hydroxyl groups is 1. The average Bonchev–Trinajstić information content (AvgIpc) is 3.19. The summed E-state index contributed by atoms with van der Waals surface area (Å²) in [5.41, 5.74) is 1.58. The van der Waals surface area contributed by atoms with Crippen molar-refractivity contribution in [1.82, 2.24) is 20.1 Å². The third-order valence-electron chi connectivity index (χ3n) is 6.29. The Hall–Kier alpha value is -2.55. The van der Waals surface area contributed by atoms with Gasteiger partial charge in [0.15, 0.2) is 11.6 Å². The molecule has 3 N–H and O–H groups in total. The number of carbonyl (C=O) groups excluding carboxylic acids is 2. The number of allylic oxidation sites excluding steroid dienone is 1. The second kappa shape index (κ2) is 9.72. The van der Waals surface area contributed by atoms with Crippen LogP contribution in [0.5, 0.6) is 0 Å². The highest BCUT2D eigenvalue weighted by Gasteiger charge is 2.33. The largest absolute Gasteiger partial charge is 0.395 e. The first-order chi connectivity index (χ1) is 15.1. The first kappa shape index (κ1) is 21.7. The number of carbonyl (C=O) groups is 2. The van der Waals surface area contributed by atoms with Crippen LogP contribution in [-0.2, 0) is 9.59 Å². The van der Waals surface area contributed by atoms with Crippen molar-refractivity contribution in [1.29, 1.82) is 0 Å². The summed E-state index contributed by atoms with van der Waals surface area (Å²) in [6.07, 6.45) is 3.67. The van der Waals surface area contributed by atoms with Gasteiger partial charge in [0.25, 0.3) is 0 Å². The monoisotopic (exact) mass is 428 g/mol. The van der Waals surface area contributed by atoms with Gasteiger partial charge < -0.3 is 15.4 Å². The predicted octanol–water partition coefficient (Wildman–Crippen LogP) is 1.41. The first-order valence-corrected chi connectivity index (χ1v) is 10.9. The predicted molar refractivity (Wildman–Crippen MR) is 116 cm³/mol. The van der Waals surface area contributed by atoms with Gasteiger partial charge in [0.2, 0.25) is 0 Å². The number of nitrogens with one attached hydrogen (secondary N) is 2. The van der Waals surface area contributed by atoms with Gasteiger partial charge in [-0.2, -0.15) is 0 Å². The number of benzene rings is 1. The maximum absolute atomic E-state index is 14.3. The third-order valence-corrected chi connectivity index (χ3v) is 6.29. The van der Waals surface area contributed by atoms with E-state index in [1.54, 1.807) is 24.5 Å². The number of aromatic amines is 1. The normalized spacial score (nSPS) is 21.1. The highest BCUT2D eigenvalue weighted by Crippen LogP contribution is 2.36. The van der Waals surface area contributed by atoms with Crippen LogP contribution in [0.2, 0.25) is 0 Å². The molecule has 8 heteroatoms. The van der Waals surface area contributed by atoms with Crippen molar-refractivity contribution in [3.05, 3.63) is 47.5 Å². The molecular formula is C23H29FN4O3. The summed E-state index contributed by atoms with van der Waals surface area (Å²) in [5.74, 6) is -1.04. The van der Waals surface area contributed by atoms with E-state index >= 15 is 0 Å². The summed E-state index contributed by atoms with van der Waals surface area (Å²) in [5, 5.41) is 12.6. The molecule has 31 heavy (non-hydrogen) atoms. The van der Waals surface area contributed by atoms with Gasteiger partial charge in [-0.25, -0.2) is 4.39 Å². The molecule has 2 aliphatic rings. The second-order valence-electron chi connectivity index (χ2n) is 8.28. The quantitative estimate of drug-likeness (QED) is 0.351. The van der Waals surface area contributed by atoms with Gasteiger partial charge in [0.05, 0.1) is 12.2 Å². The molecule has 1 aromatic heterocycles. The minimum atomic E-state index is -0.339. The van der Waals surface area contributed by atoms with E-state index in [9.17, 15) is 14.0 Å². The van der Waals surface area contributed by atoms with E-state index in [4.69, 9.17) is 5.11 Å². The molecule has 0 spiro atoms. The highest BCUT2D eigenvalue weighted by molar-refractivity contribution is 6.22. The molecule has 0 atom stereocenters. The van der Waals surface area contributed by atoms with Crippen molar-refractivity contribution in [3.8, 4) is 0 Å². The summed E-state index contributed by atoms with van der Waals surface area (Å²) in [6, 6.07) is 4.82. The fourth-order valence-corrected chi connectivity index (χ4v) is 4.54. The standard InChI is InChI=1S/C23H29FN4O3/c24-19-2-1-3-20-23(19)17(15-26-20)16-12-21(30)18(22(31)13-16)14-25-4-5-27-6-8-28(9-7-27)10-11-29/h1-3,14-16,25-26,29H,4-13H2. The van der Waals surface area contributed by atoms with Crippen molar-refractivity contribution >= 4 is 22.5 Å². The molecule has 7 nitrogen and oxygen atoms in total. The van der Waals surface area contributed by atoms with Crippen molar-refractivity contribution in [2.24, 2.45) is 0 Å². The fraction of sp³-hybridized carbons (Fsp3) is 0.478. The Morgan fingerprint density at radius 1 is 1.10 bits per heavy atom. The van der Waals surface area contributed by atoms with Crippen LogP contribution in [0.1, 0.15) is 24.3 Å². The lowest BCUT2D eigenvalue weighted by atomic mass is 9.80. The van der Waals surface area contributed by atoms with E-state index in [0.29, 0.717) is 29.6 Å². The number of aromatic nitrogens is 1. The van der Waals surface area contributed by atoms with Crippen LogP contribution < -0.4 is 5.32 Å². The summed E-state index contributed by atoms with van der Waals surface area (Å²) < 4.78 is 14.3. The zero-order chi connectivity index (χ0) is 21.8. The number of aliphatic hydroxyl groups excluding tert-OH is 1. The van der Waals surface area contributed by atoms with Gasteiger partial charge >= 0.3 is 0 Å². The Kier molecular flexibility index (Phi) is 6.80. The molecule has 1 saturated carbocycles. The van der Waals surface area contributed by atoms with Gasteiger partial charge in [0, 0.05) is 87.9 Å². The number of nitrogens with zero attached hydrogens (tertiary/aromatic N) is 2. The van der Waals surface area contributed by atoms with Gasteiger partial charge in [-0.05, 0) is 17.7 Å². The first-order valence-electron chi connectivity index (χ1n) is 10.9. The van der Waals surface area contributed by atoms with Crippen LogP contribution in [0.25, 0.3) is 10.9 Å². The summed E-state index contributed by atoms with van der Waals surface area (Å²) in [4.78, 5) is 32.9. The minimum absolute atomic E-state index is 0.188. The summed E-state index contributed by atoms with van der Waals surface area (Å²) in [7, 11) is 0. The van der Waals surface area contributed by atoms with Gasteiger partial charge in [-0.1, -0.05) is 6.07 Å². The number of halogens is 1. The fourth-order valence-electron chi connectivity index (χ4n) is 4.54. The Bertz CT molecular complexity index is 958. The molecule has 0 bridgehead atoms. The lowest BCUT2D eigenvalue weighted by molar-refractivity contribution is -0.124. The molecule has 2 fully saturated rings. The maximum atomic E-state index is 14.3. The number of hydrogen-bond acceptors (Lipinski definition) is 6. The van der Waals surface area contributed by atoms with Gasteiger partial charge in [-0.3, -0.25) is 19.4 Å². The molecule has 0 amide bonds. The lowest BCUT2D eigenvalue weighted by Crippen LogP contribution is -2.48. The van der Waals surface area contributed by atoms with E-state index in [2.05, 4.69) is 20.1 Å². The molecule has 1 aromatic carbocycles. The van der Waals surface area contributed by atoms with Crippen molar-refractivity contribution in [3.63, 3.8) is 0 Å². The Morgan fingerprint density at radius 3 is 2.45 bits per heavy atom. The van der Waals surface area contributed by atoms with E-state index < -0.39 is 0 Å². The van der Waals surface area contributed by atoms with Crippen LogP contribution >= 0.6 is 0 Å². The van der Waals surface area contributed by atoms with Crippen molar-refractivity contribution < 1.29 is 19.1 Å². The average molecular weight is 429 g/mol. The Morgan fingerprint density at radius 2 is 1.77 bits per heavy atom. The van der Waals surface area contributed by atoms with E-state index in [1.807, 2.05) is 0 Å². The van der Waals surface area contributed by atoms with Crippen molar-refractivity contribution in [2.45, 2.75) is 18.8 Å². The number of hydrogen-bond donors (Lipinski definition) is 3. The highest BCUT2D eigenvalue weighted by atomic mass is 19.1. The zero-order valence-electron chi connectivity index (χ0n) is 17.6. The molecule has 0 radical (unpaired) electrons. The molecule has 2 heterocycles. The molecule has 1 aliphatic heterocycles. The lowest BCUT2D eigenvalue weighted by Gasteiger charge is -2.34. The van der Waals surface area contributed by atoms with Crippen LogP contribution in [0, 0.1) is 5.82 Å². The SMILES string of the molecule is O=C1CC(c2c[nH]c3cccc(F)c23)CC(=O)C1=CNCCN1CCN(CCO)CC1. The smallest absolute Gasteiger partial charge is 0.168 e. The van der Waals surface area contributed by atoms with E-state index in [1.165, 1.54) is 6.07 Å². The summed E-state index contributed by atoms with van der Waals surface area (Å²) >= 11 is 0. The maximum Gasteiger partial charge on any atom is 0.168 e. The molecule has 1 aliphatic carbocycles. The number of β-amino-alcohol motifs (C(OH)–C–C–N with tert-alkyl or cyclic N) is 1. The number of H-pyrrole nitrogens is 1. The minimum Gasteiger partial charge on any atom is -0.395 e. The second-order valence-corrected chi connectivity index (χ2v) is 8.28. The Balaban J connectivity index is 1.31. The Labute approximate surface area is 180 Å². The third kappa shape index (κ3) is 4.87. The van der Waals surface area contributed by atoms with Crippen LogP contribution in [0.4, 0.5) is 4.39 Å². The zero-order valence-corrected chi connectivity index (χ0v) is 17.6. The number of rotatable bonds is 7. The number of Topliss-reactive ketones (excluding diaryl/α,β-unsaturated/α-hetero) is 2.